The summed E-state index contributed by atoms with van der Waals surface area (Å²) in [4.78, 5) is 12.8. The second-order valence-corrected chi connectivity index (χ2v) is 7.68. The molecule has 2 fully saturated rings. The Bertz CT molecular complexity index is 326. The molecule has 0 aromatic rings. The quantitative estimate of drug-likeness (QED) is 0.778. The first-order valence-corrected chi connectivity index (χ1v) is 9.08. The van der Waals surface area contributed by atoms with Crippen LogP contribution in [0.2, 0.25) is 0 Å². The zero-order chi connectivity index (χ0) is 15.3. The normalized spacial score (nSPS) is 33.2. The van der Waals surface area contributed by atoms with Crippen molar-refractivity contribution >= 4 is 5.91 Å². The van der Waals surface area contributed by atoms with E-state index in [9.17, 15) is 4.79 Å². The van der Waals surface area contributed by atoms with Crippen LogP contribution in [0.25, 0.3) is 0 Å². The lowest BCUT2D eigenvalue weighted by Crippen LogP contribution is -2.51. The van der Waals surface area contributed by atoms with E-state index < -0.39 is 0 Å². The lowest BCUT2D eigenvalue weighted by molar-refractivity contribution is -0.133. The van der Waals surface area contributed by atoms with Gasteiger partial charge in [-0.1, -0.05) is 32.6 Å². The monoisotopic (exact) mass is 294 g/mol. The molecule has 0 unspecified atom stereocenters. The summed E-state index contributed by atoms with van der Waals surface area (Å²) in [6.45, 7) is 4.99. The first-order valence-electron chi connectivity index (χ1n) is 9.08. The van der Waals surface area contributed by atoms with Gasteiger partial charge >= 0.3 is 0 Å². The minimum atomic E-state index is -0.286. The topological polar surface area (TPSA) is 55.1 Å². The molecule has 2 saturated carbocycles. The summed E-state index contributed by atoms with van der Waals surface area (Å²) in [5.74, 6) is 1.64. The van der Waals surface area contributed by atoms with E-state index in [1.54, 1.807) is 0 Å². The number of hydrogen-bond acceptors (Lipinski definition) is 2. The minimum Gasteiger partial charge on any atom is -0.353 e. The van der Waals surface area contributed by atoms with Gasteiger partial charge in [-0.2, -0.15) is 0 Å². The van der Waals surface area contributed by atoms with Gasteiger partial charge in [0.15, 0.2) is 0 Å². The molecule has 1 amide bonds. The number of hydrogen-bond donors (Lipinski definition) is 2. The molecule has 0 aromatic carbocycles. The average Bonchev–Trinajstić information content (AvgIpc) is 2.77. The Labute approximate surface area is 130 Å². The SMILES string of the molecule is CC1CCC(CN)(C(=O)N[C@@H](C)C2CCCCCC2)CC1. The van der Waals surface area contributed by atoms with Gasteiger partial charge in [-0.05, 0) is 57.3 Å². The molecular formula is C18H34N2O. The van der Waals surface area contributed by atoms with Crippen LogP contribution in [-0.4, -0.2) is 18.5 Å². The minimum absolute atomic E-state index is 0.230. The largest absolute Gasteiger partial charge is 0.353 e. The van der Waals surface area contributed by atoms with Gasteiger partial charge in [-0.3, -0.25) is 4.79 Å². The summed E-state index contributed by atoms with van der Waals surface area (Å²) in [5.41, 5.74) is 5.72. The standard InChI is InChI=1S/C18H34N2O/c1-14-9-11-18(13-19,12-10-14)17(21)20-15(2)16-7-5-3-4-6-8-16/h14-16H,3-13,19H2,1-2H3,(H,20,21)/t14?,15-,18?/m0/s1. The molecule has 21 heavy (non-hydrogen) atoms. The van der Waals surface area contributed by atoms with Crippen molar-refractivity contribution in [2.75, 3.05) is 6.54 Å². The van der Waals surface area contributed by atoms with Gasteiger partial charge in [-0.15, -0.1) is 0 Å². The average molecular weight is 294 g/mol. The highest BCUT2D eigenvalue weighted by molar-refractivity contribution is 5.83. The maximum absolute atomic E-state index is 12.8. The fourth-order valence-electron chi connectivity index (χ4n) is 4.13. The Kier molecular flexibility index (Phi) is 6.09. The van der Waals surface area contributed by atoms with Crippen LogP contribution >= 0.6 is 0 Å². The van der Waals surface area contributed by atoms with Crippen molar-refractivity contribution in [3.8, 4) is 0 Å². The van der Waals surface area contributed by atoms with Crippen LogP contribution < -0.4 is 11.1 Å². The molecule has 3 N–H and O–H groups in total. The van der Waals surface area contributed by atoms with Gasteiger partial charge in [0.05, 0.1) is 5.41 Å². The molecule has 122 valence electrons. The van der Waals surface area contributed by atoms with Crippen molar-refractivity contribution in [1.82, 2.24) is 5.32 Å². The van der Waals surface area contributed by atoms with Crippen molar-refractivity contribution in [3.05, 3.63) is 0 Å². The van der Waals surface area contributed by atoms with E-state index in [0.29, 0.717) is 18.5 Å². The summed E-state index contributed by atoms with van der Waals surface area (Å²) < 4.78 is 0. The fraction of sp³-hybridized carbons (Fsp3) is 0.944. The van der Waals surface area contributed by atoms with Crippen LogP contribution in [0.5, 0.6) is 0 Å². The van der Waals surface area contributed by atoms with E-state index in [1.807, 2.05) is 0 Å². The summed E-state index contributed by atoms with van der Waals surface area (Å²) in [7, 11) is 0. The smallest absolute Gasteiger partial charge is 0.227 e. The zero-order valence-corrected chi connectivity index (χ0v) is 14.0. The molecule has 2 aliphatic carbocycles. The summed E-state index contributed by atoms with van der Waals surface area (Å²) in [6.07, 6.45) is 12.1. The van der Waals surface area contributed by atoms with E-state index in [0.717, 1.165) is 31.6 Å². The van der Waals surface area contributed by atoms with Crippen molar-refractivity contribution < 1.29 is 4.79 Å². The predicted octanol–water partition coefficient (Wildman–Crippen LogP) is 3.62. The van der Waals surface area contributed by atoms with Crippen molar-refractivity contribution in [3.63, 3.8) is 0 Å². The molecule has 0 radical (unpaired) electrons. The van der Waals surface area contributed by atoms with Gasteiger partial charge < -0.3 is 11.1 Å². The molecule has 1 atom stereocenters. The lowest BCUT2D eigenvalue weighted by atomic mass is 9.70. The zero-order valence-electron chi connectivity index (χ0n) is 14.0. The molecule has 3 heteroatoms. The third kappa shape index (κ3) is 4.21. The highest BCUT2D eigenvalue weighted by Crippen LogP contribution is 2.38. The maximum Gasteiger partial charge on any atom is 0.227 e. The van der Waals surface area contributed by atoms with E-state index in [-0.39, 0.29) is 11.3 Å². The van der Waals surface area contributed by atoms with Crippen molar-refractivity contribution in [2.45, 2.75) is 84.1 Å². The summed E-state index contributed by atoms with van der Waals surface area (Å²) >= 11 is 0. The number of nitrogens with one attached hydrogen (secondary N) is 1. The molecule has 0 aliphatic heterocycles. The van der Waals surface area contributed by atoms with E-state index >= 15 is 0 Å². The van der Waals surface area contributed by atoms with Gasteiger partial charge in [-0.25, -0.2) is 0 Å². The van der Waals surface area contributed by atoms with Crippen molar-refractivity contribution in [2.24, 2.45) is 23.0 Å². The Morgan fingerprint density at radius 3 is 2.24 bits per heavy atom. The van der Waals surface area contributed by atoms with Crippen LogP contribution in [0, 0.1) is 17.3 Å². The Hall–Kier alpha value is -0.570. The summed E-state index contributed by atoms with van der Waals surface area (Å²) in [5, 5.41) is 3.33. The first-order chi connectivity index (χ1) is 10.1. The van der Waals surface area contributed by atoms with Gasteiger partial charge in [0, 0.05) is 12.6 Å². The number of carbonyl (C=O) groups excluding carboxylic acids is 1. The maximum atomic E-state index is 12.8. The van der Waals surface area contributed by atoms with E-state index in [2.05, 4.69) is 19.2 Å². The van der Waals surface area contributed by atoms with Crippen LogP contribution in [0.4, 0.5) is 0 Å². The van der Waals surface area contributed by atoms with Gasteiger partial charge in [0.25, 0.3) is 0 Å². The molecule has 2 rings (SSSR count). The van der Waals surface area contributed by atoms with E-state index in [4.69, 9.17) is 5.73 Å². The second-order valence-electron chi connectivity index (χ2n) is 7.68. The van der Waals surface area contributed by atoms with Gasteiger partial charge in [0.2, 0.25) is 5.91 Å². The fourth-order valence-corrected chi connectivity index (χ4v) is 4.13. The Balaban J connectivity index is 1.92. The highest BCUT2D eigenvalue weighted by Gasteiger charge is 2.40. The van der Waals surface area contributed by atoms with Crippen LogP contribution in [0.1, 0.15) is 78.1 Å². The third-order valence-electron chi connectivity index (χ3n) is 6.07. The molecule has 3 nitrogen and oxygen atoms in total. The Morgan fingerprint density at radius 1 is 1.14 bits per heavy atom. The number of nitrogens with two attached hydrogens (primary N) is 1. The Morgan fingerprint density at radius 2 is 1.71 bits per heavy atom. The van der Waals surface area contributed by atoms with Crippen molar-refractivity contribution in [1.29, 1.82) is 0 Å². The molecule has 0 bridgehead atoms. The third-order valence-corrected chi connectivity index (χ3v) is 6.07. The van der Waals surface area contributed by atoms with Gasteiger partial charge in [0.1, 0.15) is 0 Å². The molecular weight excluding hydrogens is 260 g/mol. The molecule has 0 aromatic heterocycles. The van der Waals surface area contributed by atoms with E-state index in [1.165, 1.54) is 38.5 Å². The lowest BCUT2D eigenvalue weighted by Gasteiger charge is -2.38. The summed E-state index contributed by atoms with van der Waals surface area (Å²) in [6, 6.07) is 0.304. The number of amides is 1. The van der Waals surface area contributed by atoms with Crippen LogP contribution in [0.15, 0.2) is 0 Å². The van der Waals surface area contributed by atoms with Crippen LogP contribution in [-0.2, 0) is 4.79 Å². The molecule has 0 heterocycles. The predicted molar refractivity (Wildman–Crippen MR) is 87.9 cm³/mol. The number of rotatable bonds is 4. The molecule has 2 aliphatic rings. The van der Waals surface area contributed by atoms with Crippen LogP contribution in [0.3, 0.4) is 0 Å². The second kappa shape index (κ2) is 7.62. The molecule has 0 saturated heterocycles. The first kappa shape index (κ1) is 16.8. The number of carbonyl (C=O) groups is 1. The molecule has 0 spiro atoms. The highest BCUT2D eigenvalue weighted by atomic mass is 16.2.